The zero-order chi connectivity index (χ0) is 15.8. The van der Waals surface area contributed by atoms with Crippen LogP contribution in [0.25, 0.3) is 0 Å². The van der Waals surface area contributed by atoms with Crippen molar-refractivity contribution in [3.63, 3.8) is 0 Å². The van der Waals surface area contributed by atoms with Crippen molar-refractivity contribution in [1.29, 1.82) is 0 Å². The lowest BCUT2D eigenvalue weighted by molar-refractivity contribution is 0.114. The fourth-order valence-electron chi connectivity index (χ4n) is 2.40. The Bertz CT molecular complexity index is 494. The van der Waals surface area contributed by atoms with Crippen LogP contribution in [-0.4, -0.2) is 48.3 Å². The Balaban J connectivity index is 0.00000264. The maximum Gasteiger partial charge on any atom is 0.191 e. The summed E-state index contributed by atoms with van der Waals surface area (Å²) in [7, 11) is 0. The van der Waals surface area contributed by atoms with Crippen molar-refractivity contribution in [3.05, 3.63) is 28.7 Å². The average molecular weight is 498 g/mol. The molecule has 0 aliphatic carbocycles. The third-order valence-electron chi connectivity index (χ3n) is 3.66. The highest BCUT2D eigenvalue weighted by Gasteiger charge is 2.12. The van der Waals surface area contributed by atoms with E-state index in [1.807, 2.05) is 24.3 Å². The molecule has 0 amide bonds. The van der Waals surface area contributed by atoms with Crippen LogP contribution in [0.15, 0.2) is 33.7 Å². The minimum atomic E-state index is -0.669. The second kappa shape index (κ2) is 11.1. The number of aliphatic hydroxyl groups excluding tert-OH is 1. The number of benzene rings is 1. The average Bonchev–Trinajstić information content (AvgIpc) is 2.81. The van der Waals surface area contributed by atoms with E-state index < -0.39 is 6.10 Å². The largest absolute Gasteiger partial charge is 0.490 e. The van der Waals surface area contributed by atoms with Crippen LogP contribution in [0, 0.1) is 0 Å². The molecule has 130 valence electrons. The zero-order valence-electron chi connectivity index (χ0n) is 13.2. The Labute approximate surface area is 163 Å². The van der Waals surface area contributed by atoms with Crippen molar-refractivity contribution in [1.82, 2.24) is 4.90 Å². The summed E-state index contributed by atoms with van der Waals surface area (Å²) in [5, 5.41) is 9.98. The Morgan fingerprint density at radius 1 is 1.26 bits per heavy atom. The number of rotatable bonds is 5. The van der Waals surface area contributed by atoms with Gasteiger partial charge in [0.15, 0.2) is 5.96 Å². The minimum absolute atomic E-state index is 0. The van der Waals surface area contributed by atoms with Crippen LogP contribution in [0.4, 0.5) is 0 Å². The van der Waals surface area contributed by atoms with E-state index in [-0.39, 0.29) is 37.1 Å². The van der Waals surface area contributed by atoms with Gasteiger partial charge in [0, 0.05) is 13.1 Å². The molecule has 1 aromatic carbocycles. The van der Waals surface area contributed by atoms with Gasteiger partial charge in [0.1, 0.15) is 18.5 Å². The van der Waals surface area contributed by atoms with Gasteiger partial charge in [0.05, 0.1) is 11.0 Å². The maximum absolute atomic E-state index is 9.98. The topological polar surface area (TPSA) is 71.1 Å². The lowest BCUT2D eigenvalue weighted by Gasteiger charge is -2.21. The number of likely N-dealkylation sites (tertiary alicyclic amines) is 1. The van der Waals surface area contributed by atoms with Crippen LogP contribution >= 0.6 is 39.9 Å². The van der Waals surface area contributed by atoms with Gasteiger partial charge in [0.25, 0.3) is 0 Å². The minimum Gasteiger partial charge on any atom is -0.490 e. The molecule has 3 N–H and O–H groups in total. The number of nitrogens with two attached hydrogens (primary N) is 1. The molecule has 5 nitrogen and oxygen atoms in total. The summed E-state index contributed by atoms with van der Waals surface area (Å²) in [6, 6.07) is 7.56. The van der Waals surface area contributed by atoms with E-state index in [0.29, 0.717) is 11.7 Å². The smallest absolute Gasteiger partial charge is 0.191 e. The zero-order valence-corrected chi connectivity index (χ0v) is 17.1. The molecule has 1 aliphatic heterocycles. The number of aliphatic hydroxyl groups is 1. The molecule has 1 aliphatic rings. The van der Waals surface area contributed by atoms with Crippen molar-refractivity contribution in [3.8, 4) is 5.75 Å². The Morgan fingerprint density at radius 3 is 2.57 bits per heavy atom. The number of hydrogen-bond donors (Lipinski definition) is 2. The van der Waals surface area contributed by atoms with Crippen LogP contribution in [0.1, 0.15) is 25.7 Å². The normalized spacial score (nSPS) is 17.1. The molecule has 1 unspecified atom stereocenters. The molecule has 1 fully saturated rings. The fourth-order valence-corrected chi connectivity index (χ4v) is 2.80. The molecule has 1 saturated heterocycles. The van der Waals surface area contributed by atoms with Gasteiger partial charge in [-0.1, -0.05) is 25.0 Å². The highest BCUT2D eigenvalue weighted by Crippen LogP contribution is 2.23. The van der Waals surface area contributed by atoms with Gasteiger partial charge in [-0.25, -0.2) is 0 Å². The molecular weight excluding hydrogens is 473 g/mol. The summed E-state index contributed by atoms with van der Waals surface area (Å²) < 4.78 is 6.45. The molecule has 1 atom stereocenters. The molecule has 0 bridgehead atoms. The second-order valence-corrected chi connectivity index (χ2v) is 6.35. The maximum atomic E-state index is 9.98. The number of ether oxygens (including phenoxy) is 1. The van der Waals surface area contributed by atoms with E-state index in [4.69, 9.17) is 10.5 Å². The number of nitrogens with zero attached hydrogens (tertiary/aromatic N) is 2. The fraction of sp³-hybridized carbons (Fsp3) is 0.562. The van der Waals surface area contributed by atoms with E-state index in [9.17, 15) is 5.11 Å². The Morgan fingerprint density at radius 2 is 1.91 bits per heavy atom. The quantitative estimate of drug-likeness (QED) is 0.372. The highest BCUT2D eigenvalue weighted by atomic mass is 127. The van der Waals surface area contributed by atoms with E-state index in [1.54, 1.807) is 0 Å². The van der Waals surface area contributed by atoms with Crippen molar-refractivity contribution in [2.45, 2.75) is 31.8 Å². The van der Waals surface area contributed by atoms with Gasteiger partial charge in [-0.3, -0.25) is 4.99 Å². The molecule has 0 spiro atoms. The summed E-state index contributed by atoms with van der Waals surface area (Å²) >= 11 is 3.41. The first kappa shape index (κ1) is 20.5. The summed E-state index contributed by atoms with van der Waals surface area (Å²) in [5.74, 6) is 1.24. The monoisotopic (exact) mass is 497 g/mol. The van der Waals surface area contributed by atoms with Crippen molar-refractivity contribution in [2.75, 3.05) is 26.2 Å². The number of hydrogen-bond acceptors (Lipinski definition) is 3. The number of halogens is 2. The van der Waals surface area contributed by atoms with Crippen LogP contribution < -0.4 is 10.5 Å². The molecule has 2 rings (SSSR count). The summed E-state index contributed by atoms with van der Waals surface area (Å²) in [6.45, 7) is 2.37. The lowest BCUT2D eigenvalue weighted by Crippen LogP contribution is -2.38. The summed E-state index contributed by atoms with van der Waals surface area (Å²) in [6.07, 6.45) is 4.16. The number of guanidine groups is 1. The van der Waals surface area contributed by atoms with Crippen molar-refractivity contribution >= 4 is 45.9 Å². The van der Waals surface area contributed by atoms with Crippen molar-refractivity contribution < 1.29 is 9.84 Å². The standard InChI is InChI=1S/C16H24BrN3O2.HI/c17-14-7-3-4-8-15(14)22-12-13(21)11-19-16(18)20-9-5-1-2-6-10-20;/h3-4,7-8,13,21H,1-2,5-6,9-12H2,(H2,18,19);1H. The third-order valence-corrected chi connectivity index (χ3v) is 4.32. The Hall–Kier alpha value is -0.540. The number of para-hydroxylation sites is 1. The van der Waals surface area contributed by atoms with E-state index in [1.165, 1.54) is 12.8 Å². The van der Waals surface area contributed by atoms with Crippen LogP contribution in [0.5, 0.6) is 5.75 Å². The van der Waals surface area contributed by atoms with Gasteiger partial charge in [-0.15, -0.1) is 24.0 Å². The molecule has 0 radical (unpaired) electrons. The van der Waals surface area contributed by atoms with Gasteiger partial charge in [-0.05, 0) is 40.9 Å². The molecule has 0 saturated carbocycles. The van der Waals surface area contributed by atoms with Crippen molar-refractivity contribution in [2.24, 2.45) is 10.7 Å². The van der Waals surface area contributed by atoms with Gasteiger partial charge in [-0.2, -0.15) is 0 Å². The van der Waals surface area contributed by atoms with Crippen LogP contribution in [-0.2, 0) is 0 Å². The van der Waals surface area contributed by atoms with Gasteiger partial charge < -0.3 is 20.5 Å². The third kappa shape index (κ3) is 7.26. The molecule has 23 heavy (non-hydrogen) atoms. The summed E-state index contributed by atoms with van der Waals surface area (Å²) in [4.78, 5) is 6.41. The first-order valence-corrected chi connectivity index (χ1v) is 8.56. The summed E-state index contributed by atoms with van der Waals surface area (Å²) in [5.41, 5.74) is 6.01. The second-order valence-electron chi connectivity index (χ2n) is 5.50. The van der Waals surface area contributed by atoms with E-state index in [0.717, 1.165) is 30.4 Å². The first-order valence-electron chi connectivity index (χ1n) is 7.77. The lowest BCUT2D eigenvalue weighted by atomic mass is 10.2. The predicted molar refractivity (Wildman–Crippen MR) is 108 cm³/mol. The SMILES string of the molecule is I.NC(=NCC(O)COc1ccccc1Br)N1CCCCCC1. The van der Waals surface area contributed by atoms with E-state index in [2.05, 4.69) is 25.8 Å². The number of aliphatic imine (C=N–C) groups is 1. The first-order chi connectivity index (χ1) is 10.7. The van der Waals surface area contributed by atoms with Crippen LogP contribution in [0.3, 0.4) is 0 Å². The molecule has 7 heteroatoms. The van der Waals surface area contributed by atoms with Crippen LogP contribution in [0.2, 0.25) is 0 Å². The highest BCUT2D eigenvalue weighted by molar-refractivity contribution is 14.0. The van der Waals surface area contributed by atoms with Gasteiger partial charge >= 0.3 is 0 Å². The van der Waals surface area contributed by atoms with Gasteiger partial charge in [0.2, 0.25) is 0 Å². The predicted octanol–water partition coefficient (Wildman–Crippen LogP) is 3.00. The van der Waals surface area contributed by atoms with E-state index >= 15 is 0 Å². The molecule has 1 heterocycles. The molecule has 0 aromatic heterocycles. The molecule has 1 aromatic rings. The molecular formula is C16H25BrIN3O2. The Kier molecular flexibility index (Phi) is 9.89.